The quantitative estimate of drug-likeness (QED) is 0.861. The molecule has 0 aliphatic carbocycles. The molecule has 2 aromatic rings. The Balaban J connectivity index is 2.66. The predicted octanol–water partition coefficient (Wildman–Crippen LogP) is 0.695. The van der Waals surface area contributed by atoms with Gasteiger partial charge in [-0.25, -0.2) is 8.42 Å². The zero-order chi connectivity index (χ0) is 14.2. The van der Waals surface area contributed by atoms with Crippen molar-refractivity contribution in [2.24, 2.45) is 0 Å². The number of sulfone groups is 1. The SMILES string of the molecule is Cc1cc(=O)[nH]c2ccc(S(=O)(=O)CC(=O)O)cc12. The molecule has 0 aliphatic heterocycles. The highest BCUT2D eigenvalue weighted by Gasteiger charge is 2.19. The number of hydrogen-bond donors (Lipinski definition) is 2. The molecule has 6 nitrogen and oxygen atoms in total. The van der Waals surface area contributed by atoms with Gasteiger partial charge in [0.15, 0.2) is 15.6 Å². The fourth-order valence-corrected chi connectivity index (χ4v) is 2.91. The van der Waals surface area contributed by atoms with E-state index >= 15 is 0 Å². The van der Waals surface area contributed by atoms with Crippen LogP contribution >= 0.6 is 0 Å². The number of aliphatic carboxylic acids is 1. The van der Waals surface area contributed by atoms with E-state index in [2.05, 4.69) is 4.98 Å². The smallest absolute Gasteiger partial charge is 0.319 e. The van der Waals surface area contributed by atoms with E-state index in [1.165, 1.54) is 24.3 Å². The summed E-state index contributed by atoms with van der Waals surface area (Å²) in [7, 11) is -3.87. The number of carboxylic acids is 1. The number of carboxylic acid groups (broad SMARTS) is 1. The number of rotatable bonds is 3. The van der Waals surface area contributed by atoms with Crippen LogP contribution in [-0.2, 0) is 14.6 Å². The summed E-state index contributed by atoms with van der Waals surface area (Å²) >= 11 is 0. The van der Waals surface area contributed by atoms with Crippen LogP contribution in [0.2, 0.25) is 0 Å². The van der Waals surface area contributed by atoms with Crippen molar-refractivity contribution in [3.8, 4) is 0 Å². The molecule has 1 aromatic heterocycles. The summed E-state index contributed by atoms with van der Waals surface area (Å²) in [6.07, 6.45) is 0. The molecule has 0 atom stereocenters. The Morgan fingerprint density at radius 2 is 2.00 bits per heavy atom. The van der Waals surface area contributed by atoms with Crippen molar-refractivity contribution in [2.75, 3.05) is 5.75 Å². The molecule has 0 aliphatic rings. The van der Waals surface area contributed by atoms with Gasteiger partial charge < -0.3 is 10.1 Å². The lowest BCUT2D eigenvalue weighted by Gasteiger charge is -2.05. The van der Waals surface area contributed by atoms with Crippen molar-refractivity contribution >= 4 is 26.7 Å². The van der Waals surface area contributed by atoms with E-state index in [1.54, 1.807) is 6.92 Å². The average molecular weight is 281 g/mol. The van der Waals surface area contributed by atoms with Crippen molar-refractivity contribution in [3.63, 3.8) is 0 Å². The van der Waals surface area contributed by atoms with Crippen molar-refractivity contribution in [3.05, 3.63) is 40.2 Å². The summed E-state index contributed by atoms with van der Waals surface area (Å²) in [6, 6.07) is 5.48. The van der Waals surface area contributed by atoms with Gasteiger partial charge >= 0.3 is 5.97 Å². The number of carbonyl (C=O) groups is 1. The first-order valence-electron chi connectivity index (χ1n) is 5.38. The maximum absolute atomic E-state index is 11.8. The van der Waals surface area contributed by atoms with Crippen molar-refractivity contribution in [2.45, 2.75) is 11.8 Å². The molecule has 0 saturated heterocycles. The molecule has 0 fully saturated rings. The minimum atomic E-state index is -3.87. The summed E-state index contributed by atoms with van der Waals surface area (Å²) in [5.74, 6) is -2.36. The first-order valence-corrected chi connectivity index (χ1v) is 7.03. The average Bonchev–Trinajstić information content (AvgIpc) is 2.26. The first-order chi connectivity index (χ1) is 8.79. The number of aromatic amines is 1. The van der Waals surface area contributed by atoms with Crippen molar-refractivity contribution < 1.29 is 18.3 Å². The lowest BCUT2D eigenvalue weighted by Crippen LogP contribution is -2.15. The molecule has 0 bridgehead atoms. The molecule has 2 N–H and O–H groups in total. The Morgan fingerprint density at radius 1 is 1.32 bits per heavy atom. The molecule has 0 amide bonds. The van der Waals surface area contributed by atoms with Crippen LogP contribution in [0.3, 0.4) is 0 Å². The molecular weight excluding hydrogens is 270 g/mol. The Bertz CT molecular complexity index is 820. The second-order valence-corrected chi connectivity index (χ2v) is 6.17. The van der Waals surface area contributed by atoms with Gasteiger partial charge in [0.2, 0.25) is 5.56 Å². The van der Waals surface area contributed by atoms with Gasteiger partial charge in [-0.2, -0.15) is 0 Å². The van der Waals surface area contributed by atoms with Gasteiger partial charge in [0.05, 0.1) is 4.90 Å². The monoisotopic (exact) mass is 281 g/mol. The molecule has 0 saturated carbocycles. The number of fused-ring (bicyclic) bond motifs is 1. The highest BCUT2D eigenvalue weighted by Crippen LogP contribution is 2.20. The fraction of sp³-hybridized carbons (Fsp3) is 0.167. The number of aromatic nitrogens is 1. The van der Waals surface area contributed by atoms with Crippen molar-refractivity contribution in [1.82, 2.24) is 4.98 Å². The van der Waals surface area contributed by atoms with Crippen LogP contribution in [0.15, 0.2) is 34.0 Å². The maximum atomic E-state index is 11.8. The second kappa shape index (κ2) is 4.51. The lowest BCUT2D eigenvalue weighted by molar-refractivity contribution is -0.134. The zero-order valence-electron chi connectivity index (χ0n) is 10.0. The van der Waals surface area contributed by atoms with E-state index in [0.717, 1.165) is 0 Å². The maximum Gasteiger partial charge on any atom is 0.319 e. The Kier molecular flexibility index (Phi) is 3.15. The van der Waals surface area contributed by atoms with E-state index in [1.807, 2.05) is 0 Å². The third-order valence-electron chi connectivity index (χ3n) is 2.69. The molecular formula is C12H11NO5S. The lowest BCUT2D eigenvalue weighted by atomic mass is 10.1. The van der Waals surface area contributed by atoms with E-state index in [9.17, 15) is 18.0 Å². The van der Waals surface area contributed by atoms with Gasteiger partial charge in [-0.1, -0.05) is 0 Å². The van der Waals surface area contributed by atoms with E-state index in [-0.39, 0.29) is 10.5 Å². The molecule has 1 aromatic carbocycles. The van der Waals surface area contributed by atoms with Crippen LogP contribution < -0.4 is 5.56 Å². The van der Waals surface area contributed by atoms with Gasteiger partial charge in [-0.3, -0.25) is 9.59 Å². The van der Waals surface area contributed by atoms with Crippen LogP contribution in [0, 0.1) is 6.92 Å². The fourth-order valence-electron chi connectivity index (χ4n) is 1.84. The molecule has 0 spiro atoms. The summed E-state index contributed by atoms with van der Waals surface area (Å²) in [5, 5.41) is 9.16. The van der Waals surface area contributed by atoms with Crippen LogP contribution in [0.25, 0.3) is 10.9 Å². The van der Waals surface area contributed by atoms with Gasteiger partial charge in [-0.15, -0.1) is 0 Å². The van der Waals surface area contributed by atoms with E-state index in [4.69, 9.17) is 5.11 Å². The predicted molar refractivity (Wildman–Crippen MR) is 69.0 cm³/mol. The number of nitrogens with one attached hydrogen (secondary N) is 1. The third-order valence-corrected chi connectivity index (χ3v) is 4.29. The van der Waals surface area contributed by atoms with Crippen molar-refractivity contribution in [1.29, 1.82) is 0 Å². The standard InChI is InChI=1S/C12H11NO5S/c1-7-4-11(14)13-10-3-2-8(5-9(7)10)19(17,18)6-12(15)16/h2-5H,6H2,1H3,(H,13,14)(H,15,16). The first kappa shape index (κ1) is 13.3. The van der Waals surface area contributed by atoms with Crippen LogP contribution in [-0.4, -0.2) is 30.2 Å². The summed E-state index contributed by atoms with van der Waals surface area (Å²) < 4.78 is 23.6. The van der Waals surface area contributed by atoms with Crippen LogP contribution in [0.5, 0.6) is 0 Å². The minimum absolute atomic E-state index is 0.0717. The third kappa shape index (κ3) is 2.65. The van der Waals surface area contributed by atoms with Gasteiger partial charge in [0.1, 0.15) is 0 Å². The summed E-state index contributed by atoms with van der Waals surface area (Å²) in [5.41, 5.74) is 0.872. The highest BCUT2D eigenvalue weighted by atomic mass is 32.2. The highest BCUT2D eigenvalue weighted by molar-refractivity contribution is 7.92. The molecule has 19 heavy (non-hydrogen) atoms. The Labute approximate surface area is 108 Å². The molecule has 7 heteroatoms. The Hall–Kier alpha value is -2.15. The van der Waals surface area contributed by atoms with Gasteiger partial charge in [0, 0.05) is 17.0 Å². The van der Waals surface area contributed by atoms with Gasteiger partial charge in [-0.05, 0) is 30.7 Å². The molecule has 1 heterocycles. The van der Waals surface area contributed by atoms with Gasteiger partial charge in [0.25, 0.3) is 0 Å². The summed E-state index contributed by atoms with van der Waals surface area (Å²) in [6.45, 7) is 1.69. The zero-order valence-corrected chi connectivity index (χ0v) is 10.8. The Morgan fingerprint density at radius 3 is 2.63 bits per heavy atom. The number of hydrogen-bond acceptors (Lipinski definition) is 4. The van der Waals surface area contributed by atoms with E-state index < -0.39 is 21.6 Å². The molecule has 0 unspecified atom stereocenters. The van der Waals surface area contributed by atoms with Crippen LogP contribution in [0.1, 0.15) is 5.56 Å². The normalized spacial score (nSPS) is 11.6. The number of benzene rings is 1. The number of H-pyrrole nitrogens is 1. The molecule has 100 valence electrons. The van der Waals surface area contributed by atoms with E-state index in [0.29, 0.717) is 16.5 Å². The largest absolute Gasteiger partial charge is 0.480 e. The molecule has 2 rings (SSSR count). The molecule has 0 radical (unpaired) electrons. The topological polar surface area (TPSA) is 104 Å². The number of aryl methyl sites for hydroxylation is 1. The minimum Gasteiger partial charge on any atom is -0.480 e. The summed E-state index contributed by atoms with van der Waals surface area (Å²) in [4.78, 5) is 24.3. The van der Waals surface area contributed by atoms with Crippen LogP contribution in [0.4, 0.5) is 0 Å². The second-order valence-electron chi connectivity index (χ2n) is 4.18. The number of pyridine rings is 1.